The fourth-order valence-electron chi connectivity index (χ4n) is 3.21. The van der Waals surface area contributed by atoms with E-state index in [1.54, 1.807) is 6.20 Å². The van der Waals surface area contributed by atoms with Gasteiger partial charge >= 0.3 is 0 Å². The first-order valence-corrected chi connectivity index (χ1v) is 8.84. The quantitative estimate of drug-likeness (QED) is 0.797. The zero-order chi connectivity index (χ0) is 16.6. The molecule has 0 saturated heterocycles. The van der Waals surface area contributed by atoms with Gasteiger partial charge in [-0.1, -0.05) is 25.3 Å². The molecule has 3 rings (SSSR count). The second kappa shape index (κ2) is 8.60. The van der Waals surface area contributed by atoms with Crippen molar-refractivity contribution in [1.29, 1.82) is 0 Å². The normalized spacial score (nSPS) is 16.8. The largest absolute Gasteiger partial charge is 0.394 e. The van der Waals surface area contributed by atoms with Crippen LogP contribution in [0, 0.1) is 0 Å². The van der Waals surface area contributed by atoms with Crippen LogP contribution in [-0.2, 0) is 0 Å². The van der Waals surface area contributed by atoms with Crippen molar-refractivity contribution >= 4 is 16.3 Å². The van der Waals surface area contributed by atoms with E-state index in [1.807, 2.05) is 31.7 Å². The molecule has 0 spiro atoms. The van der Waals surface area contributed by atoms with Crippen molar-refractivity contribution in [3.8, 4) is 0 Å². The van der Waals surface area contributed by atoms with Gasteiger partial charge in [0.25, 0.3) is 0 Å². The first kappa shape index (κ1) is 16.7. The summed E-state index contributed by atoms with van der Waals surface area (Å²) in [4.78, 5) is 8.83. The summed E-state index contributed by atoms with van der Waals surface area (Å²) < 4.78 is 0. The molecule has 0 aliphatic heterocycles. The highest BCUT2D eigenvalue weighted by atomic mass is 14.9. The average molecular weight is 322 g/mol. The lowest BCUT2D eigenvalue weighted by Crippen LogP contribution is -2.31. The van der Waals surface area contributed by atoms with E-state index in [0.717, 1.165) is 28.6 Å². The van der Waals surface area contributed by atoms with E-state index in [4.69, 9.17) is 0 Å². The van der Waals surface area contributed by atoms with Gasteiger partial charge in [0.2, 0.25) is 0 Å². The second-order valence-corrected chi connectivity index (χ2v) is 6.32. The Bertz CT molecular complexity index is 714. The molecule has 2 N–H and O–H groups in total. The van der Waals surface area contributed by atoms with Crippen LogP contribution in [0.2, 0.25) is 0 Å². The number of allylic oxidation sites excluding steroid dienone is 2. The van der Waals surface area contributed by atoms with Crippen LogP contribution in [0.15, 0.2) is 49.1 Å². The third kappa shape index (κ3) is 4.42. The number of hydrogen-bond donors (Lipinski definition) is 2. The van der Waals surface area contributed by atoms with Crippen molar-refractivity contribution in [2.45, 2.75) is 38.1 Å². The van der Waals surface area contributed by atoms with Crippen LogP contribution in [0.5, 0.6) is 0 Å². The second-order valence-electron chi connectivity index (χ2n) is 6.32. The van der Waals surface area contributed by atoms with Gasteiger partial charge in [-0.3, -0.25) is 9.97 Å². The Morgan fingerprint density at radius 1 is 1.21 bits per heavy atom. The van der Waals surface area contributed by atoms with Gasteiger partial charge in [-0.2, -0.15) is 0 Å². The molecule has 0 atom stereocenters. The van der Waals surface area contributed by atoms with Crippen molar-refractivity contribution in [2.75, 3.05) is 13.6 Å². The summed E-state index contributed by atoms with van der Waals surface area (Å²) in [6, 6.07) is 4.76. The summed E-state index contributed by atoms with van der Waals surface area (Å²) in [6.45, 7) is 0.876. The van der Waals surface area contributed by atoms with Crippen molar-refractivity contribution in [3.05, 3.63) is 54.8 Å². The monoisotopic (exact) mass is 322 g/mol. The van der Waals surface area contributed by atoms with E-state index in [-0.39, 0.29) is 0 Å². The molecule has 1 aliphatic rings. The molecule has 2 heterocycles. The number of hydrogen-bond acceptors (Lipinski definition) is 4. The van der Waals surface area contributed by atoms with E-state index in [9.17, 15) is 0 Å². The van der Waals surface area contributed by atoms with Crippen molar-refractivity contribution in [3.63, 3.8) is 0 Å². The predicted molar refractivity (Wildman–Crippen MR) is 101 cm³/mol. The molecule has 2 aromatic heterocycles. The highest BCUT2D eigenvalue weighted by Crippen LogP contribution is 2.20. The maximum atomic E-state index is 4.62. The molecule has 4 heteroatoms. The molecule has 1 aliphatic carbocycles. The highest BCUT2D eigenvalue weighted by molar-refractivity contribution is 5.85. The lowest BCUT2D eigenvalue weighted by Gasteiger charge is -2.22. The van der Waals surface area contributed by atoms with Crippen LogP contribution in [0.3, 0.4) is 0 Å². The summed E-state index contributed by atoms with van der Waals surface area (Å²) in [5.41, 5.74) is 2.10. The van der Waals surface area contributed by atoms with Gasteiger partial charge in [0, 0.05) is 49.0 Å². The third-order valence-electron chi connectivity index (χ3n) is 4.58. The van der Waals surface area contributed by atoms with Gasteiger partial charge in [0.05, 0.1) is 5.69 Å². The number of fused-ring (bicyclic) bond motifs is 1. The zero-order valence-electron chi connectivity index (χ0n) is 14.3. The molecule has 0 aromatic carbocycles. The van der Waals surface area contributed by atoms with E-state index < -0.39 is 0 Å². The Kier molecular flexibility index (Phi) is 5.96. The van der Waals surface area contributed by atoms with Crippen molar-refractivity contribution in [2.24, 2.45) is 0 Å². The van der Waals surface area contributed by atoms with Crippen LogP contribution in [0.4, 0.5) is 0 Å². The van der Waals surface area contributed by atoms with E-state index >= 15 is 0 Å². The van der Waals surface area contributed by atoms with E-state index in [1.165, 1.54) is 32.1 Å². The summed E-state index contributed by atoms with van der Waals surface area (Å²) in [7, 11) is 1.91. The smallest absolute Gasteiger partial charge is 0.0706 e. The maximum absolute atomic E-state index is 4.62. The Hall–Kier alpha value is -2.20. The molecular weight excluding hydrogens is 296 g/mol. The summed E-state index contributed by atoms with van der Waals surface area (Å²) in [5, 5.41) is 8.96. The van der Waals surface area contributed by atoms with Crippen molar-refractivity contribution < 1.29 is 0 Å². The fourth-order valence-corrected chi connectivity index (χ4v) is 3.21. The fraction of sp³-hybridized carbons (Fsp3) is 0.400. The summed E-state index contributed by atoms with van der Waals surface area (Å²) in [6.07, 6.45) is 18.6. The molecule has 1 fully saturated rings. The third-order valence-corrected chi connectivity index (χ3v) is 4.58. The number of nitrogens with zero attached hydrogens (tertiary/aromatic N) is 2. The van der Waals surface area contributed by atoms with Gasteiger partial charge in [-0.05, 0) is 42.8 Å². The molecule has 0 radical (unpaired) electrons. The molecule has 0 bridgehead atoms. The van der Waals surface area contributed by atoms with Crippen molar-refractivity contribution in [1.82, 2.24) is 20.6 Å². The lowest BCUT2D eigenvalue weighted by atomic mass is 9.95. The molecule has 0 amide bonds. The van der Waals surface area contributed by atoms with Crippen LogP contribution < -0.4 is 10.6 Å². The molecule has 24 heavy (non-hydrogen) atoms. The number of pyridine rings is 2. The topological polar surface area (TPSA) is 49.8 Å². The van der Waals surface area contributed by atoms with Crippen LogP contribution in [0.25, 0.3) is 16.3 Å². The molecular formula is C20H26N4. The molecule has 0 unspecified atom stereocenters. The minimum atomic E-state index is 0.665. The van der Waals surface area contributed by atoms with Gasteiger partial charge in [-0.25, -0.2) is 0 Å². The highest BCUT2D eigenvalue weighted by Gasteiger charge is 2.11. The van der Waals surface area contributed by atoms with Gasteiger partial charge in [0.1, 0.15) is 0 Å². The van der Waals surface area contributed by atoms with Crippen LogP contribution >= 0.6 is 0 Å². The Morgan fingerprint density at radius 3 is 2.92 bits per heavy atom. The van der Waals surface area contributed by atoms with Crippen LogP contribution in [0.1, 0.15) is 37.8 Å². The first-order valence-electron chi connectivity index (χ1n) is 8.84. The predicted octanol–water partition coefficient (Wildman–Crippen LogP) is 3.67. The number of rotatable bonds is 6. The maximum Gasteiger partial charge on any atom is 0.0706 e. The minimum Gasteiger partial charge on any atom is -0.394 e. The Morgan fingerprint density at radius 2 is 2.08 bits per heavy atom. The van der Waals surface area contributed by atoms with E-state index in [2.05, 4.69) is 38.8 Å². The zero-order valence-corrected chi connectivity index (χ0v) is 14.3. The lowest BCUT2D eigenvalue weighted by molar-refractivity contribution is 0.385. The van der Waals surface area contributed by atoms with E-state index in [0.29, 0.717) is 6.04 Å². The molecule has 1 saturated carbocycles. The van der Waals surface area contributed by atoms with Gasteiger partial charge in [0.15, 0.2) is 0 Å². The van der Waals surface area contributed by atoms with Gasteiger partial charge in [-0.15, -0.1) is 0 Å². The molecule has 4 nitrogen and oxygen atoms in total. The Labute approximate surface area is 144 Å². The Balaban J connectivity index is 1.76. The summed E-state index contributed by atoms with van der Waals surface area (Å²) >= 11 is 0. The number of aromatic nitrogens is 2. The SMILES string of the molecule is CN/C=C\C(=C/CNC1CCCCC1)c1cc2cnccc2cn1. The average Bonchev–Trinajstić information content (AvgIpc) is 2.65. The number of nitrogens with one attached hydrogen (secondary N) is 2. The summed E-state index contributed by atoms with van der Waals surface area (Å²) in [5.74, 6) is 0. The first-order chi connectivity index (χ1) is 11.9. The van der Waals surface area contributed by atoms with Crippen LogP contribution in [-0.4, -0.2) is 29.6 Å². The molecule has 2 aromatic rings. The van der Waals surface area contributed by atoms with Gasteiger partial charge < -0.3 is 10.6 Å². The molecule has 126 valence electrons. The minimum absolute atomic E-state index is 0.665. The standard InChI is InChI=1S/C20H26N4/c1-21-10-7-16(9-12-23-19-5-3-2-4-6-19)20-13-18-14-22-11-8-17(18)15-24-20/h7-11,13-15,19,21,23H,2-6,12H2,1H3/b10-7-,16-9+.